The van der Waals surface area contributed by atoms with E-state index in [-0.39, 0.29) is 0 Å². The zero-order valence-corrected chi connectivity index (χ0v) is 15.1. The smallest absolute Gasteiger partial charge is 0.192 e. The SMILES string of the molecule is c1coc(Cn2c(SCc3nc4ccccc4s3)nnc2C2CC2)c1. The summed E-state index contributed by atoms with van der Waals surface area (Å²) in [5.41, 5.74) is 1.07. The van der Waals surface area contributed by atoms with Gasteiger partial charge in [0.1, 0.15) is 16.6 Å². The summed E-state index contributed by atoms with van der Waals surface area (Å²) in [5.74, 6) is 3.38. The maximum absolute atomic E-state index is 5.52. The molecule has 3 aromatic heterocycles. The van der Waals surface area contributed by atoms with E-state index >= 15 is 0 Å². The van der Waals surface area contributed by atoms with Crippen molar-refractivity contribution in [1.29, 1.82) is 0 Å². The third-order valence-electron chi connectivity index (χ3n) is 4.24. The second-order valence-electron chi connectivity index (χ2n) is 6.14. The molecule has 0 amide bonds. The third-order valence-corrected chi connectivity index (χ3v) is 6.44. The summed E-state index contributed by atoms with van der Waals surface area (Å²) in [6.07, 6.45) is 4.13. The van der Waals surface area contributed by atoms with Crippen molar-refractivity contribution in [3.63, 3.8) is 0 Å². The molecule has 4 aromatic rings. The number of benzene rings is 1. The van der Waals surface area contributed by atoms with Crippen molar-refractivity contribution >= 4 is 33.3 Å². The molecule has 7 heteroatoms. The van der Waals surface area contributed by atoms with Gasteiger partial charge in [0.15, 0.2) is 5.16 Å². The second kappa shape index (κ2) is 6.31. The van der Waals surface area contributed by atoms with Gasteiger partial charge in [-0.3, -0.25) is 4.57 Å². The molecule has 5 nitrogen and oxygen atoms in total. The van der Waals surface area contributed by atoms with Gasteiger partial charge in [0.2, 0.25) is 0 Å². The van der Waals surface area contributed by atoms with Crippen LogP contribution < -0.4 is 0 Å². The van der Waals surface area contributed by atoms with E-state index in [1.165, 1.54) is 17.5 Å². The van der Waals surface area contributed by atoms with Crippen LogP contribution >= 0.6 is 23.1 Å². The van der Waals surface area contributed by atoms with Gasteiger partial charge >= 0.3 is 0 Å². The highest BCUT2D eigenvalue weighted by Crippen LogP contribution is 2.40. The van der Waals surface area contributed by atoms with E-state index in [9.17, 15) is 0 Å². The van der Waals surface area contributed by atoms with Crippen LogP contribution in [0.3, 0.4) is 0 Å². The lowest BCUT2D eigenvalue weighted by Gasteiger charge is -2.07. The zero-order chi connectivity index (χ0) is 16.6. The molecule has 0 atom stereocenters. The fourth-order valence-electron chi connectivity index (χ4n) is 2.87. The number of nitrogens with zero attached hydrogens (tertiary/aromatic N) is 4. The van der Waals surface area contributed by atoms with Gasteiger partial charge in [0, 0.05) is 5.92 Å². The van der Waals surface area contributed by atoms with Gasteiger partial charge in [-0.2, -0.15) is 0 Å². The summed E-state index contributed by atoms with van der Waals surface area (Å²) in [6.45, 7) is 0.689. The largest absolute Gasteiger partial charge is 0.467 e. The Balaban J connectivity index is 1.39. The molecule has 1 aromatic carbocycles. The molecule has 25 heavy (non-hydrogen) atoms. The molecule has 0 radical (unpaired) electrons. The number of furan rings is 1. The van der Waals surface area contributed by atoms with Crippen LogP contribution in [0.5, 0.6) is 0 Å². The van der Waals surface area contributed by atoms with E-state index in [1.54, 1.807) is 29.4 Å². The molecule has 1 saturated carbocycles. The highest BCUT2D eigenvalue weighted by Gasteiger charge is 2.30. The number of aromatic nitrogens is 4. The minimum absolute atomic E-state index is 0.555. The van der Waals surface area contributed by atoms with E-state index in [1.807, 2.05) is 18.2 Å². The Hall–Kier alpha value is -2.12. The van der Waals surface area contributed by atoms with Crippen molar-refractivity contribution in [2.24, 2.45) is 0 Å². The van der Waals surface area contributed by atoms with Crippen LogP contribution in [0.4, 0.5) is 0 Å². The molecule has 0 saturated heterocycles. The molecule has 0 spiro atoms. The first-order valence-electron chi connectivity index (χ1n) is 8.29. The summed E-state index contributed by atoms with van der Waals surface area (Å²) in [6, 6.07) is 12.2. The van der Waals surface area contributed by atoms with Crippen LogP contribution in [0.1, 0.15) is 35.4 Å². The number of rotatable bonds is 6. The molecule has 5 rings (SSSR count). The van der Waals surface area contributed by atoms with Crippen molar-refractivity contribution < 1.29 is 4.42 Å². The predicted octanol–water partition coefficient (Wildman–Crippen LogP) is 4.70. The van der Waals surface area contributed by atoms with E-state index in [0.29, 0.717) is 12.5 Å². The molecular formula is C18H16N4OS2. The molecule has 3 heterocycles. The first-order valence-corrected chi connectivity index (χ1v) is 10.1. The Morgan fingerprint density at radius 1 is 1.16 bits per heavy atom. The summed E-state index contributed by atoms with van der Waals surface area (Å²) in [7, 11) is 0. The van der Waals surface area contributed by atoms with Crippen molar-refractivity contribution in [3.8, 4) is 0 Å². The average Bonchev–Trinajstić information content (AvgIpc) is 3.05. The van der Waals surface area contributed by atoms with Gasteiger partial charge in [-0.05, 0) is 37.1 Å². The Morgan fingerprint density at radius 3 is 2.88 bits per heavy atom. The van der Waals surface area contributed by atoms with E-state index in [2.05, 4.69) is 33.0 Å². The first kappa shape index (κ1) is 15.2. The number of fused-ring (bicyclic) bond motifs is 1. The van der Waals surface area contributed by atoms with Crippen molar-refractivity contribution in [2.75, 3.05) is 0 Å². The van der Waals surface area contributed by atoms with Gasteiger partial charge in [-0.1, -0.05) is 23.9 Å². The lowest BCUT2D eigenvalue weighted by Crippen LogP contribution is -2.05. The molecule has 1 aliphatic rings. The minimum Gasteiger partial charge on any atom is -0.467 e. The number of hydrogen-bond donors (Lipinski definition) is 0. The number of thioether (sulfide) groups is 1. The molecule has 0 N–H and O–H groups in total. The first-order chi connectivity index (χ1) is 12.4. The fourth-order valence-corrected chi connectivity index (χ4v) is 4.77. The van der Waals surface area contributed by atoms with Crippen LogP contribution in [0.15, 0.2) is 52.2 Å². The Morgan fingerprint density at radius 2 is 2.08 bits per heavy atom. The molecule has 1 fully saturated rings. The molecule has 1 aliphatic carbocycles. The van der Waals surface area contributed by atoms with Gasteiger partial charge in [-0.15, -0.1) is 21.5 Å². The van der Waals surface area contributed by atoms with Crippen molar-refractivity contribution in [1.82, 2.24) is 19.7 Å². The van der Waals surface area contributed by atoms with Crippen LogP contribution in [0.2, 0.25) is 0 Å². The van der Waals surface area contributed by atoms with Crippen LogP contribution in [-0.4, -0.2) is 19.7 Å². The topological polar surface area (TPSA) is 56.7 Å². The molecule has 0 aliphatic heterocycles. The van der Waals surface area contributed by atoms with E-state index in [4.69, 9.17) is 9.40 Å². The Kier molecular flexibility index (Phi) is 3.83. The van der Waals surface area contributed by atoms with E-state index < -0.39 is 0 Å². The molecule has 0 bridgehead atoms. The Labute approximate surface area is 153 Å². The van der Waals surface area contributed by atoms with Gasteiger partial charge in [-0.25, -0.2) is 4.98 Å². The normalized spacial score (nSPS) is 14.4. The summed E-state index contributed by atoms with van der Waals surface area (Å²) >= 11 is 3.44. The maximum atomic E-state index is 5.52. The highest BCUT2D eigenvalue weighted by atomic mass is 32.2. The number of thiazole rings is 1. The second-order valence-corrected chi connectivity index (χ2v) is 8.20. The summed E-state index contributed by atoms with van der Waals surface area (Å²) in [5, 5.41) is 10.9. The van der Waals surface area contributed by atoms with E-state index in [0.717, 1.165) is 33.0 Å². The molecular weight excluding hydrogens is 352 g/mol. The van der Waals surface area contributed by atoms with Crippen LogP contribution in [-0.2, 0) is 12.3 Å². The molecule has 126 valence electrons. The van der Waals surface area contributed by atoms with Gasteiger partial charge in [0.05, 0.1) is 28.8 Å². The van der Waals surface area contributed by atoms with Crippen molar-refractivity contribution in [3.05, 3.63) is 59.3 Å². The minimum atomic E-state index is 0.555. The lowest BCUT2D eigenvalue weighted by molar-refractivity contribution is 0.478. The lowest BCUT2D eigenvalue weighted by atomic mass is 10.3. The average molecular weight is 368 g/mol. The molecule has 0 unspecified atom stereocenters. The number of para-hydroxylation sites is 1. The fraction of sp³-hybridized carbons (Fsp3) is 0.278. The highest BCUT2D eigenvalue weighted by molar-refractivity contribution is 7.98. The summed E-state index contributed by atoms with van der Waals surface area (Å²) < 4.78 is 8.96. The third kappa shape index (κ3) is 3.09. The predicted molar refractivity (Wildman–Crippen MR) is 99.0 cm³/mol. The Bertz CT molecular complexity index is 968. The quantitative estimate of drug-likeness (QED) is 0.462. The van der Waals surface area contributed by atoms with Gasteiger partial charge < -0.3 is 4.42 Å². The van der Waals surface area contributed by atoms with Gasteiger partial charge in [0.25, 0.3) is 0 Å². The van der Waals surface area contributed by atoms with Crippen LogP contribution in [0, 0.1) is 0 Å². The number of hydrogen-bond acceptors (Lipinski definition) is 6. The van der Waals surface area contributed by atoms with Crippen molar-refractivity contribution in [2.45, 2.75) is 36.2 Å². The standard InChI is InChI=1S/C18H16N4OS2/c1-2-6-15-14(5-1)19-16(25-15)11-24-18-21-20-17(12-7-8-12)22(18)10-13-4-3-9-23-13/h1-6,9,12H,7-8,10-11H2. The maximum Gasteiger partial charge on any atom is 0.192 e. The van der Waals surface area contributed by atoms with Crippen LogP contribution in [0.25, 0.3) is 10.2 Å². The monoisotopic (exact) mass is 368 g/mol. The summed E-state index contributed by atoms with van der Waals surface area (Å²) in [4.78, 5) is 4.71. The zero-order valence-electron chi connectivity index (χ0n) is 13.5.